The summed E-state index contributed by atoms with van der Waals surface area (Å²) in [6.45, 7) is 3.06. The molecule has 0 fully saturated rings. The maximum absolute atomic E-state index is 13.2. The standard InChI is InChI=1S/C21H19ClFN3O/c1-2-26(14-15-6-4-3-5-7-15)21(27)20-11-9-17(13-24-20)25-16-8-10-19(23)18(22)12-16/h3-13,25H,2,14H2,1H3. The molecule has 4 nitrogen and oxygen atoms in total. The van der Waals surface area contributed by atoms with Crippen molar-refractivity contribution in [3.8, 4) is 0 Å². The maximum Gasteiger partial charge on any atom is 0.272 e. The van der Waals surface area contributed by atoms with E-state index in [0.717, 1.165) is 5.56 Å². The van der Waals surface area contributed by atoms with Crippen LogP contribution in [0.2, 0.25) is 5.02 Å². The molecule has 6 heteroatoms. The number of nitrogens with one attached hydrogen (secondary N) is 1. The Balaban J connectivity index is 1.69. The highest BCUT2D eigenvalue weighted by molar-refractivity contribution is 6.31. The van der Waals surface area contributed by atoms with Gasteiger partial charge in [0.25, 0.3) is 5.91 Å². The smallest absolute Gasteiger partial charge is 0.272 e. The molecular weight excluding hydrogens is 365 g/mol. The molecule has 2 aromatic carbocycles. The molecule has 0 bridgehead atoms. The van der Waals surface area contributed by atoms with Gasteiger partial charge >= 0.3 is 0 Å². The molecule has 0 saturated heterocycles. The van der Waals surface area contributed by atoms with E-state index in [0.29, 0.717) is 30.2 Å². The lowest BCUT2D eigenvalue weighted by Crippen LogP contribution is -2.30. The van der Waals surface area contributed by atoms with E-state index in [1.165, 1.54) is 12.1 Å². The van der Waals surface area contributed by atoms with Gasteiger partial charge in [0.05, 0.1) is 16.9 Å². The van der Waals surface area contributed by atoms with Crippen molar-refractivity contribution in [2.24, 2.45) is 0 Å². The molecule has 3 rings (SSSR count). The third-order valence-corrected chi connectivity index (χ3v) is 4.37. The highest BCUT2D eigenvalue weighted by atomic mass is 35.5. The SMILES string of the molecule is CCN(Cc1ccccc1)C(=O)c1ccc(Nc2ccc(F)c(Cl)c2)cn1. The first-order chi connectivity index (χ1) is 13.1. The molecule has 1 N–H and O–H groups in total. The Morgan fingerprint density at radius 3 is 2.48 bits per heavy atom. The fraction of sp³-hybridized carbons (Fsp3) is 0.143. The van der Waals surface area contributed by atoms with Crippen molar-refractivity contribution in [1.29, 1.82) is 0 Å². The second-order valence-electron chi connectivity index (χ2n) is 5.99. The zero-order chi connectivity index (χ0) is 19.2. The lowest BCUT2D eigenvalue weighted by atomic mass is 10.2. The first kappa shape index (κ1) is 18.9. The lowest BCUT2D eigenvalue weighted by Gasteiger charge is -2.20. The number of amides is 1. The van der Waals surface area contributed by atoms with Gasteiger partial charge in [-0.2, -0.15) is 0 Å². The number of pyridine rings is 1. The van der Waals surface area contributed by atoms with Gasteiger partial charge in [-0.05, 0) is 42.8 Å². The maximum atomic E-state index is 13.2. The molecule has 0 atom stereocenters. The van der Waals surface area contributed by atoms with Gasteiger partial charge in [0.15, 0.2) is 0 Å². The molecule has 27 heavy (non-hydrogen) atoms. The van der Waals surface area contributed by atoms with E-state index in [-0.39, 0.29) is 10.9 Å². The highest BCUT2D eigenvalue weighted by Crippen LogP contribution is 2.22. The van der Waals surface area contributed by atoms with Crippen molar-refractivity contribution in [2.75, 3.05) is 11.9 Å². The third-order valence-electron chi connectivity index (χ3n) is 4.08. The molecule has 1 heterocycles. The highest BCUT2D eigenvalue weighted by Gasteiger charge is 2.15. The number of aromatic nitrogens is 1. The molecule has 138 valence electrons. The Bertz CT molecular complexity index is 916. The number of hydrogen-bond donors (Lipinski definition) is 1. The molecule has 0 radical (unpaired) electrons. The number of anilines is 2. The van der Waals surface area contributed by atoms with E-state index < -0.39 is 5.82 Å². The number of carbonyl (C=O) groups excluding carboxylic acids is 1. The van der Waals surface area contributed by atoms with Gasteiger partial charge in [-0.25, -0.2) is 9.37 Å². The first-order valence-electron chi connectivity index (χ1n) is 8.58. The third kappa shape index (κ3) is 4.83. The topological polar surface area (TPSA) is 45.2 Å². The Morgan fingerprint density at radius 1 is 1.11 bits per heavy atom. The van der Waals surface area contributed by atoms with E-state index >= 15 is 0 Å². The minimum Gasteiger partial charge on any atom is -0.354 e. The Morgan fingerprint density at radius 2 is 1.85 bits per heavy atom. The van der Waals surface area contributed by atoms with Crippen LogP contribution in [0.5, 0.6) is 0 Å². The normalized spacial score (nSPS) is 10.5. The molecule has 3 aromatic rings. The zero-order valence-electron chi connectivity index (χ0n) is 14.8. The number of rotatable bonds is 6. The molecule has 0 unspecified atom stereocenters. The number of carbonyl (C=O) groups is 1. The van der Waals surface area contributed by atoms with Crippen molar-refractivity contribution in [1.82, 2.24) is 9.88 Å². The number of benzene rings is 2. The summed E-state index contributed by atoms with van der Waals surface area (Å²) in [7, 11) is 0. The van der Waals surface area contributed by atoms with Crippen molar-refractivity contribution >= 4 is 28.9 Å². The molecule has 0 aliphatic carbocycles. The van der Waals surface area contributed by atoms with Crippen LogP contribution in [-0.2, 0) is 6.54 Å². The van der Waals surface area contributed by atoms with Crippen molar-refractivity contribution in [3.63, 3.8) is 0 Å². The van der Waals surface area contributed by atoms with Crippen LogP contribution in [0, 0.1) is 5.82 Å². The van der Waals surface area contributed by atoms with E-state index in [2.05, 4.69) is 10.3 Å². The van der Waals surface area contributed by atoms with E-state index in [9.17, 15) is 9.18 Å². The lowest BCUT2D eigenvalue weighted by molar-refractivity contribution is 0.0746. The van der Waals surface area contributed by atoms with Gasteiger partial charge in [-0.15, -0.1) is 0 Å². The van der Waals surface area contributed by atoms with Gasteiger partial charge in [-0.3, -0.25) is 4.79 Å². The minimum atomic E-state index is -0.473. The van der Waals surface area contributed by atoms with Crippen molar-refractivity contribution in [3.05, 3.63) is 89.0 Å². The average Bonchev–Trinajstić information content (AvgIpc) is 2.70. The van der Waals surface area contributed by atoms with Crippen LogP contribution in [0.4, 0.5) is 15.8 Å². The fourth-order valence-corrected chi connectivity index (χ4v) is 2.81. The van der Waals surface area contributed by atoms with Crippen molar-refractivity contribution in [2.45, 2.75) is 13.5 Å². The van der Waals surface area contributed by atoms with Crippen LogP contribution >= 0.6 is 11.6 Å². The largest absolute Gasteiger partial charge is 0.354 e. The van der Waals surface area contributed by atoms with Crippen LogP contribution in [-0.4, -0.2) is 22.3 Å². The Labute approximate surface area is 162 Å². The summed E-state index contributed by atoms with van der Waals surface area (Å²) in [5.74, 6) is -0.600. The van der Waals surface area contributed by atoms with Gasteiger partial charge in [-0.1, -0.05) is 41.9 Å². The molecule has 0 aliphatic rings. The van der Waals surface area contributed by atoms with Gasteiger partial charge < -0.3 is 10.2 Å². The number of hydrogen-bond acceptors (Lipinski definition) is 3. The molecule has 1 aromatic heterocycles. The Hall–Kier alpha value is -2.92. The van der Waals surface area contributed by atoms with E-state index in [1.54, 1.807) is 29.3 Å². The minimum absolute atomic E-state index is 0.0410. The fourth-order valence-electron chi connectivity index (χ4n) is 2.63. The van der Waals surface area contributed by atoms with Crippen LogP contribution < -0.4 is 5.32 Å². The van der Waals surface area contributed by atoms with Crippen LogP contribution in [0.25, 0.3) is 0 Å². The molecule has 1 amide bonds. The first-order valence-corrected chi connectivity index (χ1v) is 8.96. The zero-order valence-corrected chi connectivity index (χ0v) is 15.6. The summed E-state index contributed by atoms with van der Waals surface area (Å²) < 4.78 is 13.2. The van der Waals surface area contributed by atoms with Crippen molar-refractivity contribution < 1.29 is 9.18 Å². The second-order valence-corrected chi connectivity index (χ2v) is 6.40. The number of halogens is 2. The number of nitrogens with zero attached hydrogens (tertiary/aromatic N) is 2. The summed E-state index contributed by atoms with van der Waals surface area (Å²) in [6.07, 6.45) is 1.57. The molecule has 0 spiro atoms. The molecule has 0 aliphatic heterocycles. The van der Waals surface area contributed by atoms with E-state index in [1.807, 2.05) is 37.3 Å². The summed E-state index contributed by atoms with van der Waals surface area (Å²) in [5, 5.41) is 3.12. The Kier molecular flexibility index (Phi) is 6.04. The summed E-state index contributed by atoms with van der Waals surface area (Å²) in [4.78, 5) is 18.7. The summed E-state index contributed by atoms with van der Waals surface area (Å²) in [6, 6.07) is 17.6. The molecular formula is C21H19ClFN3O. The van der Waals surface area contributed by atoms with Gasteiger partial charge in [0.2, 0.25) is 0 Å². The quantitative estimate of drug-likeness (QED) is 0.629. The van der Waals surface area contributed by atoms with Gasteiger partial charge in [0, 0.05) is 18.8 Å². The summed E-state index contributed by atoms with van der Waals surface area (Å²) >= 11 is 5.78. The predicted octanol–water partition coefficient (Wildman–Crippen LogP) is 5.28. The summed E-state index contributed by atoms with van der Waals surface area (Å²) in [5.41, 5.74) is 2.76. The van der Waals surface area contributed by atoms with Crippen LogP contribution in [0.1, 0.15) is 23.0 Å². The predicted molar refractivity (Wildman–Crippen MR) is 106 cm³/mol. The van der Waals surface area contributed by atoms with Gasteiger partial charge in [0.1, 0.15) is 11.5 Å². The molecule has 0 saturated carbocycles. The van der Waals surface area contributed by atoms with Crippen LogP contribution in [0.3, 0.4) is 0 Å². The monoisotopic (exact) mass is 383 g/mol. The van der Waals surface area contributed by atoms with E-state index in [4.69, 9.17) is 11.6 Å². The van der Waals surface area contributed by atoms with Crippen LogP contribution in [0.15, 0.2) is 66.9 Å². The average molecular weight is 384 g/mol. The second kappa shape index (κ2) is 8.64.